The Hall–Kier alpha value is 0.400. The molecule has 3 fully saturated rings. The first kappa shape index (κ1) is 13.4. The predicted octanol–water partition coefficient (Wildman–Crippen LogP) is 4.12. The Kier molecular flexibility index (Phi) is 4.32. The summed E-state index contributed by atoms with van der Waals surface area (Å²) in [5.74, 6) is 2.71. The van der Waals surface area contributed by atoms with Gasteiger partial charge < -0.3 is 9.47 Å². The van der Waals surface area contributed by atoms with Gasteiger partial charge >= 0.3 is 0 Å². The lowest BCUT2D eigenvalue weighted by atomic mass is 9.70. The van der Waals surface area contributed by atoms with E-state index in [9.17, 15) is 0 Å². The summed E-state index contributed by atoms with van der Waals surface area (Å²) in [6.45, 7) is 1.61. The van der Waals surface area contributed by atoms with Gasteiger partial charge in [-0.2, -0.15) is 0 Å². The first-order valence-electron chi connectivity index (χ1n) is 7.65. The summed E-state index contributed by atoms with van der Waals surface area (Å²) in [5, 5.41) is 1.20. The molecule has 0 bridgehead atoms. The standard InChI is InChI=1S/C15H25BrO2/c16-11-12-1-3-13(4-2-12)14-5-7-15(8-6-14)17-9-10-18-15/h12-14H,1-11H2. The van der Waals surface area contributed by atoms with Gasteiger partial charge in [0.05, 0.1) is 13.2 Å². The normalized spacial score (nSPS) is 37.2. The molecule has 0 aromatic carbocycles. The van der Waals surface area contributed by atoms with Crippen LogP contribution in [0.25, 0.3) is 0 Å². The zero-order valence-electron chi connectivity index (χ0n) is 11.2. The Morgan fingerprint density at radius 1 is 0.833 bits per heavy atom. The highest BCUT2D eigenvalue weighted by molar-refractivity contribution is 9.09. The summed E-state index contributed by atoms with van der Waals surface area (Å²) in [6, 6.07) is 0. The minimum atomic E-state index is -0.163. The van der Waals surface area contributed by atoms with Crippen molar-refractivity contribution < 1.29 is 9.47 Å². The number of hydrogen-bond acceptors (Lipinski definition) is 2. The van der Waals surface area contributed by atoms with E-state index in [2.05, 4.69) is 15.9 Å². The second-order valence-electron chi connectivity index (χ2n) is 6.38. The summed E-state index contributed by atoms with van der Waals surface area (Å²) in [7, 11) is 0. The molecule has 0 radical (unpaired) electrons. The van der Waals surface area contributed by atoms with E-state index in [-0.39, 0.29) is 5.79 Å². The third-order valence-electron chi connectivity index (χ3n) is 5.38. The molecule has 1 heterocycles. The van der Waals surface area contributed by atoms with Crippen molar-refractivity contribution in [1.29, 1.82) is 0 Å². The molecular weight excluding hydrogens is 292 g/mol. The van der Waals surface area contributed by atoms with Gasteiger partial charge in [0.15, 0.2) is 5.79 Å². The number of halogens is 1. The highest BCUT2D eigenvalue weighted by atomic mass is 79.9. The zero-order chi connectivity index (χ0) is 12.4. The largest absolute Gasteiger partial charge is 0.348 e. The van der Waals surface area contributed by atoms with E-state index in [0.29, 0.717) is 0 Å². The molecule has 0 N–H and O–H groups in total. The number of ether oxygens (including phenoxy) is 2. The van der Waals surface area contributed by atoms with Crippen molar-refractivity contribution in [3.8, 4) is 0 Å². The Bertz CT molecular complexity index is 258. The molecule has 2 nitrogen and oxygen atoms in total. The molecular formula is C15H25BrO2. The molecule has 1 spiro atoms. The van der Waals surface area contributed by atoms with Crippen LogP contribution in [-0.2, 0) is 9.47 Å². The van der Waals surface area contributed by atoms with E-state index in [1.54, 1.807) is 0 Å². The fraction of sp³-hybridized carbons (Fsp3) is 1.00. The topological polar surface area (TPSA) is 18.5 Å². The average molecular weight is 317 g/mol. The second-order valence-corrected chi connectivity index (χ2v) is 7.03. The van der Waals surface area contributed by atoms with Gasteiger partial charge in [0, 0.05) is 18.2 Å². The van der Waals surface area contributed by atoms with Crippen LogP contribution < -0.4 is 0 Å². The van der Waals surface area contributed by atoms with Crippen molar-refractivity contribution in [3.63, 3.8) is 0 Å². The Morgan fingerprint density at radius 3 is 1.94 bits per heavy atom. The highest BCUT2D eigenvalue weighted by Crippen LogP contribution is 2.45. The van der Waals surface area contributed by atoms with Crippen LogP contribution in [0, 0.1) is 17.8 Å². The van der Waals surface area contributed by atoms with E-state index >= 15 is 0 Å². The molecule has 18 heavy (non-hydrogen) atoms. The molecule has 2 aliphatic carbocycles. The van der Waals surface area contributed by atoms with Gasteiger partial charge in [0.2, 0.25) is 0 Å². The summed E-state index contributed by atoms with van der Waals surface area (Å²) in [5.41, 5.74) is 0. The van der Waals surface area contributed by atoms with Crippen molar-refractivity contribution >= 4 is 15.9 Å². The van der Waals surface area contributed by atoms with Crippen molar-refractivity contribution in [2.24, 2.45) is 17.8 Å². The van der Waals surface area contributed by atoms with Crippen LogP contribution in [0.15, 0.2) is 0 Å². The number of hydrogen-bond donors (Lipinski definition) is 0. The monoisotopic (exact) mass is 316 g/mol. The van der Waals surface area contributed by atoms with Crippen LogP contribution in [0.4, 0.5) is 0 Å². The summed E-state index contributed by atoms with van der Waals surface area (Å²) >= 11 is 3.63. The molecule has 2 saturated carbocycles. The Labute approximate surface area is 119 Å². The third kappa shape index (κ3) is 2.78. The molecule has 0 unspecified atom stereocenters. The van der Waals surface area contributed by atoms with Crippen LogP contribution in [0.2, 0.25) is 0 Å². The Morgan fingerprint density at radius 2 is 1.39 bits per heavy atom. The van der Waals surface area contributed by atoms with Crippen LogP contribution in [-0.4, -0.2) is 24.3 Å². The summed E-state index contributed by atoms with van der Waals surface area (Å²) in [6.07, 6.45) is 10.7. The number of alkyl halides is 1. The molecule has 3 aliphatic rings. The first-order chi connectivity index (χ1) is 8.81. The van der Waals surface area contributed by atoms with Crippen LogP contribution in [0.1, 0.15) is 51.4 Å². The van der Waals surface area contributed by atoms with Crippen molar-refractivity contribution in [3.05, 3.63) is 0 Å². The lowest BCUT2D eigenvalue weighted by Crippen LogP contribution is -2.37. The lowest BCUT2D eigenvalue weighted by molar-refractivity contribution is -0.185. The molecule has 1 saturated heterocycles. The smallest absolute Gasteiger partial charge is 0.168 e. The van der Waals surface area contributed by atoms with Crippen LogP contribution >= 0.6 is 15.9 Å². The van der Waals surface area contributed by atoms with E-state index in [1.807, 2.05) is 0 Å². The highest BCUT2D eigenvalue weighted by Gasteiger charge is 2.42. The van der Waals surface area contributed by atoms with Crippen molar-refractivity contribution in [2.45, 2.75) is 57.2 Å². The fourth-order valence-electron chi connectivity index (χ4n) is 4.15. The minimum absolute atomic E-state index is 0.163. The van der Waals surface area contributed by atoms with Crippen LogP contribution in [0.5, 0.6) is 0 Å². The van der Waals surface area contributed by atoms with Gasteiger partial charge in [0.1, 0.15) is 0 Å². The number of rotatable bonds is 2. The fourth-order valence-corrected chi connectivity index (χ4v) is 4.80. The maximum atomic E-state index is 5.82. The SMILES string of the molecule is BrCC1CCC(C2CCC3(CC2)OCCO3)CC1. The third-order valence-corrected chi connectivity index (χ3v) is 6.30. The minimum Gasteiger partial charge on any atom is -0.348 e. The van der Waals surface area contributed by atoms with Gasteiger partial charge in [-0.3, -0.25) is 0 Å². The van der Waals surface area contributed by atoms with Gasteiger partial charge in [-0.25, -0.2) is 0 Å². The summed E-state index contributed by atoms with van der Waals surface area (Å²) in [4.78, 5) is 0. The molecule has 0 aromatic rings. The molecule has 3 rings (SSSR count). The molecule has 3 heteroatoms. The molecule has 0 aromatic heterocycles. The second kappa shape index (κ2) is 5.80. The maximum absolute atomic E-state index is 5.82. The predicted molar refractivity (Wildman–Crippen MR) is 75.8 cm³/mol. The Balaban J connectivity index is 1.48. The van der Waals surface area contributed by atoms with Gasteiger partial charge in [-0.15, -0.1) is 0 Å². The lowest BCUT2D eigenvalue weighted by Gasteiger charge is -2.40. The zero-order valence-corrected chi connectivity index (χ0v) is 12.8. The molecule has 1 aliphatic heterocycles. The van der Waals surface area contributed by atoms with Gasteiger partial charge in [0.25, 0.3) is 0 Å². The van der Waals surface area contributed by atoms with E-state index in [0.717, 1.165) is 43.8 Å². The van der Waals surface area contributed by atoms with E-state index in [1.165, 1.54) is 43.9 Å². The summed E-state index contributed by atoms with van der Waals surface area (Å²) < 4.78 is 11.6. The van der Waals surface area contributed by atoms with Crippen molar-refractivity contribution in [2.75, 3.05) is 18.5 Å². The van der Waals surface area contributed by atoms with Gasteiger partial charge in [-0.1, -0.05) is 15.9 Å². The average Bonchev–Trinajstić information content (AvgIpc) is 2.88. The quantitative estimate of drug-likeness (QED) is 0.713. The van der Waals surface area contributed by atoms with E-state index < -0.39 is 0 Å². The van der Waals surface area contributed by atoms with E-state index in [4.69, 9.17) is 9.47 Å². The first-order valence-corrected chi connectivity index (χ1v) is 8.77. The van der Waals surface area contributed by atoms with Gasteiger partial charge in [-0.05, 0) is 56.3 Å². The molecule has 0 amide bonds. The maximum Gasteiger partial charge on any atom is 0.168 e. The molecule has 0 atom stereocenters. The molecule has 104 valence electrons. The van der Waals surface area contributed by atoms with Crippen LogP contribution in [0.3, 0.4) is 0 Å². The van der Waals surface area contributed by atoms with Crippen molar-refractivity contribution in [1.82, 2.24) is 0 Å².